The van der Waals surface area contributed by atoms with Crippen LogP contribution in [-0.2, 0) is 20.1 Å². The van der Waals surface area contributed by atoms with E-state index in [0.717, 1.165) is 17.3 Å². The van der Waals surface area contributed by atoms with Crippen LogP contribution in [0.4, 0.5) is 0 Å². The number of phenols is 2. The van der Waals surface area contributed by atoms with Crippen molar-refractivity contribution in [2.45, 2.75) is 0 Å². The van der Waals surface area contributed by atoms with Crippen molar-refractivity contribution < 1.29 is 35.1 Å². The van der Waals surface area contributed by atoms with Gasteiger partial charge >= 0.3 is 0 Å². The fourth-order valence-electron chi connectivity index (χ4n) is 3.18. The van der Waals surface area contributed by atoms with Crippen LogP contribution in [0.1, 0.15) is 16.1 Å². The van der Waals surface area contributed by atoms with Gasteiger partial charge in [-0.1, -0.05) is 42.1 Å². The fourth-order valence-corrected chi connectivity index (χ4v) is 3.18. The Hall–Kier alpha value is -3.73. The van der Waals surface area contributed by atoms with Crippen LogP contribution in [0.2, 0.25) is 0 Å². The van der Waals surface area contributed by atoms with Crippen molar-refractivity contribution in [1.29, 1.82) is 0 Å². The second-order valence-electron chi connectivity index (χ2n) is 6.75. The molecule has 0 fully saturated rings. The summed E-state index contributed by atoms with van der Waals surface area (Å²) < 4.78 is 0. The first-order valence-electron chi connectivity index (χ1n) is 9.58. The van der Waals surface area contributed by atoms with Gasteiger partial charge in [0.15, 0.2) is 5.78 Å². The maximum Gasteiger partial charge on any atom is 0.171 e. The molecule has 3 aromatic carbocycles. The molecule has 0 atom stereocenters. The number of hydrogen-bond donors (Lipinski definition) is 2. The average Bonchev–Trinajstić information content (AvgIpc) is 3.34. The molecule has 2 aromatic heterocycles. The summed E-state index contributed by atoms with van der Waals surface area (Å²) in [7, 11) is 0. The van der Waals surface area contributed by atoms with E-state index >= 15 is 0 Å². The molecule has 161 valence electrons. The Bertz CT molecular complexity index is 1290. The third-order valence-electron chi connectivity index (χ3n) is 4.59. The van der Waals surface area contributed by atoms with E-state index in [4.69, 9.17) is 0 Å². The van der Waals surface area contributed by atoms with Gasteiger partial charge in [0.25, 0.3) is 0 Å². The molecule has 0 aliphatic rings. The molecule has 5 aromatic rings. The van der Waals surface area contributed by atoms with Gasteiger partial charge in [0.2, 0.25) is 0 Å². The van der Waals surface area contributed by atoms with Crippen LogP contribution in [0.25, 0.3) is 22.0 Å². The predicted molar refractivity (Wildman–Crippen MR) is 119 cm³/mol. The maximum atomic E-state index is 11.7. The molecule has 6 heteroatoms. The van der Waals surface area contributed by atoms with Crippen molar-refractivity contribution in [3.8, 4) is 22.8 Å². The molecule has 32 heavy (non-hydrogen) atoms. The summed E-state index contributed by atoms with van der Waals surface area (Å²) in [6.07, 6.45) is 3.36. The molecular formula is C26H18IrN2O3-2. The van der Waals surface area contributed by atoms with Crippen molar-refractivity contribution in [3.63, 3.8) is 0 Å². The molecule has 0 unspecified atom stereocenters. The first-order chi connectivity index (χ1) is 15.1. The van der Waals surface area contributed by atoms with E-state index in [1.807, 2.05) is 48.7 Å². The number of carbonyl (C=O) groups is 1. The molecule has 0 amide bonds. The van der Waals surface area contributed by atoms with Crippen LogP contribution in [0.3, 0.4) is 0 Å². The van der Waals surface area contributed by atoms with Gasteiger partial charge in [-0.3, -0.25) is 4.79 Å². The van der Waals surface area contributed by atoms with Crippen LogP contribution >= 0.6 is 0 Å². The number of pyridine rings is 1. The van der Waals surface area contributed by atoms with Gasteiger partial charge in [0, 0.05) is 37.9 Å². The zero-order valence-corrected chi connectivity index (χ0v) is 19.2. The Kier molecular flexibility index (Phi) is 7.55. The van der Waals surface area contributed by atoms with Gasteiger partial charge in [0.1, 0.15) is 11.5 Å². The van der Waals surface area contributed by atoms with Crippen LogP contribution in [-0.4, -0.2) is 21.0 Å². The van der Waals surface area contributed by atoms with Gasteiger partial charge in [-0.25, -0.2) is 0 Å². The van der Waals surface area contributed by atoms with Gasteiger partial charge in [-0.2, -0.15) is 6.20 Å². The Morgan fingerprint density at radius 1 is 0.875 bits per heavy atom. The van der Waals surface area contributed by atoms with Crippen LogP contribution < -0.4 is 4.98 Å². The molecule has 0 saturated carbocycles. The Balaban J connectivity index is 0.000000176. The minimum Gasteiger partial charge on any atom is -0.661 e. The largest absolute Gasteiger partial charge is 0.661 e. The van der Waals surface area contributed by atoms with E-state index in [-0.39, 0.29) is 43.0 Å². The fraction of sp³-hybridized carbons (Fsp3) is 0. The minimum absolute atomic E-state index is 0. The molecular weight excluding hydrogens is 581 g/mol. The number of phenolic OH excluding ortho intramolecular Hbond substituents is 2. The maximum absolute atomic E-state index is 11.7. The summed E-state index contributed by atoms with van der Waals surface area (Å²) in [4.78, 5) is 20.0. The number of aromatic hydroxyl groups is 2. The normalized spacial score (nSPS) is 10.0. The van der Waals surface area contributed by atoms with E-state index in [1.54, 1.807) is 12.1 Å². The summed E-state index contributed by atoms with van der Waals surface area (Å²) in [6, 6.07) is 28.4. The summed E-state index contributed by atoms with van der Waals surface area (Å²) in [5.74, 6) is -0.624. The summed E-state index contributed by atoms with van der Waals surface area (Å²) in [6.45, 7) is 0. The first kappa shape index (κ1) is 22.9. The van der Waals surface area contributed by atoms with Crippen LogP contribution in [0.15, 0.2) is 97.3 Å². The van der Waals surface area contributed by atoms with Gasteiger partial charge in [-0.15, -0.1) is 35.9 Å². The van der Waals surface area contributed by atoms with E-state index < -0.39 is 0 Å². The number of ketones is 1. The number of fused-ring (bicyclic) bond motifs is 1. The molecule has 0 bridgehead atoms. The SMILES string of the molecule is O=C(c1cc(O)cc(O)c1)c1ccc[n-]1.[Ir].[c-]1ccccc1-c1nccc2ccccc12. The zero-order chi connectivity index (χ0) is 21.6. The average molecular weight is 599 g/mol. The second kappa shape index (κ2) is 10.5. The number of carbonyl (C=O) groups excluding carboxylic acids is 1. The summed E-state index contributed by atoms with van der Waals surface area (Å²) in [5, 5.41) is 20.8. The molecule has 1 radical (unpaired) electrons. The zero-order valence-electron chi connectivity index (χ0n) is 16.8. The first-order valence-corrected chi connectivity index (χ1v) is 9.58. The van der Waals surface area contributed by atoms with E-state index in [2.05, 4.69) is 28.2 Å². The van der Waals surface area contributed by atoms with Crippen molar-refractivity contribution >= 4 is 16.6 Å². The molecule has 5 rings (SSSR count). The summed E-state index contributed by atoms with van der Waals surface area (Å²) in [5.41, 5.74) is 2.55. The molecule has 5 nitrogen and oxygen atoms in total. The van der Waals surface area contributed by atoms with E-state index in [1.165, 1.54) is 29.1 Å². The van der Waals surface area contributed by atoms with Crippen molar-refractivity contribution in [2.24, 2.45) is 0 Å². The standard InChI is InChI=1S/C15H10N.C11H9NO3.Ir/c1-2-7-13(8-3-1)15-14-9-5-4-6-12(14)10-11-16-15;13-8-4-7(5-9(14)6-8)11(15)10-2-1-3-12-10;/h1-7,9-11H;1-6H,(H3,12,13,14,15);/q-1;;/p-1. The topological polar surface area (TPSA) is 84.5 Å². The molecule has 0 aliphatic carbocycles. The molecule has 2 N–H and O–H groups in total. The van der Waals surface area contributed by atoms with Crippen LogP contribution in [0.5, 0.6) is 11.5 Å². The molecule has 0 spiro atoms. The van der Waals surface area contributed by atoms with Gasteiger partial charge in [0.05, 0.1) is 0 Å². The number of benzene rings is 3. The minimum atomic E-state index is -0.328. The Morgan fingerprint density at radius 3 is 2.31 bits per heavy atom. The molecule has 0 saturated heterocycles. The molecule has 2 heterocycles. The summed E-state index contributed by atoms with van der Waals surface area (Å²) >= 11 is 0. The monoisotopic (exact) mass is 599 g/mol. The third-order valence-corrected chi connectivity index (χ3v) is 4.59. The predicted octanol–water partition coefficient (Wildman–Crippen LogP) is 4.99. The quantitative estimate of drug-likeness (QED) is 0.226. The van der Waals surface area contributed by atoms with Crippen molar-refractivity contribution in [3.05, 3.63) is 115 Å². The van der Waals surface area contributed by atoms with Crippen LogP contribution in [0, 0.1) is 6.07 Å². The van der Waals surface area contributed by atoms with Crippen molar-refractivity contribution in [2.75, 3.05) is 0 Å². The van der Waals surface area contributed by atoms with Gasteiger partial charge in [-0.05, 0) is 34.7 Å². The Morgan fingerprint density at radius 2 is 1.62 bits per heavy atom. The second-order valence-corrected chi connectivity index (χ2v) is 6.75. The smallest absolute Gasteiger partial charge is 0.171 e. The van der Waals surface area contributed by atoms with Gasteiger partial charge < -0.3 is 20.2 Å². The number of nitrogens with zero attached hydrogens (tertiary/aromatic N) is 2. The third kappa shape index (κ3) is 5.30. The number of aromatic nitrogens is 2. The molecule has 0 aliphatic heterocycles. The number of hydrogen-bond acceptors (Lipinski definition) is 4. The van der Waals surface area contributed by atoms with E-state index in [0.29, 0.717) is 5.69 Å². The number of rotatable bonds is 3. The Labute approximate surface area is 198 Å². The van der Waals surface area contributed by atoms with Crippen molar-refractivity contribution in [1.82, 2.24) is 9.97 Å². The van der Waals surface area contributed by atoms with E-state index in [9.17, 15) is 15.0 Å².